The van der Waals surface area contributed by atoms with Gasteiger partial charge in [0, 0.05) is 6.04 Å². The molecule has 0 fully saturated rings. The summed E-state index contributed by atoms with van der Waals surface area (Å²) < 4.78 is 0. The van der Waals surface area contributed by atoms with Crippen LogP contribution in [0.4, 0.5) is 0 Å². The summed E-state index contributed by atoms with van der Waals surface area (Å²) in [5.41, 5.74) is 3.47. The fourth-order valence-corrected chi connectivity index (χ4v) is 2.41. The van der Waals surface area contributed by atoms with Crippen LogP contribution in [-0.2, 0) is 0 Å². The molecule has 0 saturated carbocycles. The van der Waals surface area contributed by atoms with E-state index in [1.807, 2.05) is 0 Å². The lowest BCUT2D eigenvalue weighted by atomic mass is 9.95. The highest BCUT2D eigenvalue weighted by Crippen LogP contribution is 2.23. The van der Waals surface area contributed by atoms with Crippen LogP contribution in [0.1, 0.15) is 56.4 Å². The zero-order valence-electron chi connectivity index (χ0n) is 13.0. The second-order valence-corrected chi connectivity index (χ2v) is 5.96. The van der Waals surface area contributed by atoms with Crippen molar-refractivity contribution in [3.8, 4) is 0 Å². The van der Waals surface area contributed by atoms with Crippen LogP contribution in [0.2, 0.25) is 0 Å². The topological polar surface area (TPSA) is 32.3 Å². The predicted octanol–water partition coefficient (Wildman–Crippen LogP) is 3.75. The number of benzene rings is 1. The molecule has 0 aliphatic heterocycles. The Kier molecular flexibility index (Phi) is 6.53. The van der Waals surface area contributed by atoms with E-state index in [-0.39, 0.29) is 6.04 Å². The smallest absolute Gasteiger partial charge is 0.0945 e. The molecule has 2 atom stereocenters. The number of rotatable bonds is 7. The molecule has 0 aromatic heterocycles. The van der Waals surface area contributed by atoms with Crippen molar-refractivity contribution in [3.05, 3.63) is 34.9 Å². The average molecular weight is 263 g/mol. The SMILES string of the molecule is CCC(NCCC(C)C)C(O)c1ccc(C)cc1C. The Hall–Kier alpha value is -0.860. The molecule has 2 nitrogen and oxygen atoms in total. The van der Waals surface area contributed by atoms with Crippen LogP contribution in [0.25, 0.3) is 0 Å². The zero-order chi connectivity index (χ0) is 14.4. The lowest BCUT2D eigenvalue weighted by molar-refractivity contribution is 0.124. The monoisotopic (exact) mass is 263 g/mol. The first kappa shape index (κ1) is 16.2. The van der Waals surface area contributed by atoms with E-state index in [1.165, 1.54) is 11.1 Å². The Morgan fingerprint density at radius 1 is 1.21 bits per heavy atom. The normalized spacial score (nSPS) is 14.7. The predicted molar refractivity (Wildman–Crippen MR) is 82.4 cm³/mol. The first-order valence-electron chi connectivity index (χ1n) is 7.44. The van der Waals surface area contributed by atoms with Gasteiger partial charge >= 0.3 is 0 Å². The Balaban J connectivity index is 2.69. The molecule has 0 bridgehead atoms. The van der Waals surface area contributed by atoms with Crippen LogP contribution in [0.15, 0.2) is 18.2 Å². The molecule has 0 amide bonds. The summed E-state index contributed by atoms with van der Waals surface area (Å²) >= 11 is 0. The molecule has 1 rings (SSSR count). The lowest BCUT2D eigenvalue weighted by Crippen LogP contribution is -2.35. The van der Waals surface area contributed by atoms with E-state index >= 15 is 0 Å². The van der Waals surface area contributed by atoms with Gasteiger partial charge in [-0.1, -0.05) is 44.5 Å². The van der Waals surface area contributed by atoms with Crippen molar-refractivity contribution in [3.63, 3.8) is 0 Å². The number of aryl methyl sites for hydroxylation is 2. The van der Waals surface area contributed by atoms with E-state index in [0.717, 1.165) is 24.9 Å². The summed E-state index contributed by atoms with van der Waals surface area (Å²) in [7, 11) is 0. The fourth-order valence-electron chi connectivity index (χ4n) is 2.41. The summed E-state index contributed by atoms with van der Waals surface area (Å²) in [6, 6.07) is 6.41. The lowest BCUT2D eigenvalue weighted by Gasteiger charge is -2.25. The summed E-state index contributed by atoms with van der Waals surface area (Å²) in [5.74, 6) is 0.697. The maximum Gasteiger partial charge on any atom is 0.0945 e. The van der Waals surface area contributed by atoms with Gasteiger partial charge in [0.2, 0.25) is 0 Å². The number of hydrogen-bond acceptors (Lipinski definition) is 2. The molecule has 0 spiro atoms. The second kappa shape index (κ2) is 7.66. The van der Waals surface area contributed by atoms with Crippen molar-refractivity contribution in [1.82, 2.24) is 5.32 Å². The van der Waals surface area contributed by atoms with E-state index < -0.39 is 6.10 Å². The Bertz CT molecular complexity index is 387. The number of hydrogen-bond donors (Lipinski definition) is 2. The van der Waals surface area contributed by atoms with Gasteiger partial charge < -0.3 is 10.4 Å². The molecule has 0 aliphatic carbocycles. The van der Waals surface area contributed by atoms with Crippen molar-refractivity contribution >= 4 is 0 Å². The third-order valence-corrected chi connectivity index (χ3v) is 3.69. The van der Waals surface area contributed by atoms with Crippen molar-refractivity contribution in [2.45, 2.75) is 59.6 Å². The largest absolute Gasteiger partial charge is 0.387 e. The highest BCUT2D eigenvalue weighted by molar-refractivity contribution is 5.32. The first-order chi connectivity index (χ1) is 8.95. The zero-order valence-corrected chi connectivity index (χ0v) is 13.0. The van der Waals surface area contributed by atoms with Gasteiger partial charge in [-0.05, 0) is 50.3 Å². The minimum atomic E-state index is -0.419. The van der Waals surface area contributed by atoms with Crippen molar-refractivity contribution in [2.75, 3.05) is 6.54 Å². The summed E-state index contributed by atoms with van der Waals surface area (Å²) in [6.45, 7) is 11.7. The van der Waals surface area contributed by atoms with E-state index in [9.17, 15) is 5.11 Å². The number of nitrogens with one attached hydrogen (secondary N) is 1. The summed E-state index contributed by atoms with van der Waals surface area (Å²) in [6.07, 6.45) is 1.67. The molecule has 2 unspecified atom stereocenters. The van der Waals surface area contributed by atoms with E-state index in [4.69, 9.17) is 0 Å². The van der Waals surface area contributed by atoms with Crippen LogP contribution < -0.4 is 5.32 Å². The number of aliphatic hydroxyl groups is 1. The standard InChI is InChI=1S/C17H29NO/c1-6-16(18-10-9-12(2)3)17(19)15-8-7-13(4)11-14(15)5/h7-8,11-12,16-19H,6,9-10H2,1-5H3. The van der Waals surface area contributed by atoms with Crippen LogP contribution in [0.3, 0.4) is 0 Å². The molecule has 2 heteroatoms. The molecule has 0 aliphatic rings. The molecular formula is C17H29NO. The van der Waals surface area contributed by atoms with Crippen molar-refractivity contribution in [1.29, 1.82) is 0 Å². The molecule has 1 aromatic rings. The van der Waals surface area contributed by atoms with Gasteiger partial charge in [-0.2, -0.15) is 0 Å². The van der Waals surface area contributed by atoms with Gasteiger partial charge in [-0.15, -0.1) is 0 Å². The van der Waals surface area contributed by atoms with E-state index in [2.05, 4.69) is 58.1 Å². The maximum absolute atomic E-state index is 10.6. The van der Waals surface area contributed by atoms with Gasteiger partial charge in [-0.3, -0.25) is 0 Å². The third-order valence-electron chi connectivity index (χ3n) is 3.69. The second-order valence-electron chi connectivity index (χ2n) is 5.96. The average Bonchev–Trinajstić information content (AvgIpc) is 2.33. The first-order valence-corrected chi connectivity index (χ1v) is 7.44. The van der Waals surface area contributed by atoms with Crippen molar-refractivity contribution in [2.24, 2.45) is 5.92 Å². The highest BCUT2D eigenvalue weighted by atomic mass is 16.3. The molecule has 0 saturated heterocycles. The van der Waals surface area contributed by atoms with Gasteiger partial charge in [-0.25, -0.2) is 0 Å². The van der Waals surface area contributed by atoms with Crippen LogP contribution in [-0.4, -0.2) is 17.7 Å². The van der Waals surface area contributed by atoms with Crippen molar-refractivity contribution < 1.29 is 5.11 Å². The maximum atomic E-state index is 10.6. The Morgan fingerprint density at radius 2 is 1.89 bits per heavy atom. The highest BCUT2D eigenvalue weighted by Gasteiger charge is 2.20. The van der Waals surface area contributed by atoms with Gasteiger partial charge in [0.15, 0.2) is 0 Å². The molecule has 1 aromatic carbocycles. The number of aliphatic hydroxyl groups excluding tert-OH is 1. The molecular weight excluding hydrogens is 234 g/mol. The van der Waals surface area contributed by atoms with Crippen LogP contribution in [0, 0.1) is 19.8 Å². The summed E-state index contributed by atoms with van der Waals surface area (Å²) in [5, 5.41) is 14.0. The molecule has 2 N–H and O–H groups in total. The van der Waals surface area contributed by atoms with Gasteiger partial charge in [0.1, 0.15) is 0 Å². The minimum Gasteiger partial charge on any atom is -0.387 e. The fraction of sp³-hybridized carbons (Fsp3) is 0.647. The summed E-state index contributed by atoms with van der Waals surface area (Å²) in [4.78, 5) is 0. The molecule has 19 heavy (non-hydrogen) atoms. The van der Waals surface area contributed by atoms with Crippen LogP contribution >= 0.6 is 0 Å². The third kappa shape index (κ3) is 4.96. The van der Waals surface area contributed by atoms with Gasteiger partial charge in [0.25, 0.3) is 0 Å². The minimum absolute atomic E-state index is 0.139. The Morgan fingerprint density at radius 3 is 2.42 bits per heavy atom. The van der Waals surface area contributed by atoms with E-state index in [0.29, 0.717) is 5.92 Å². The molecule has 108 valence electrons. The van der Waals surface area contributed by atoms with E-state index in [1.54, 1.807) is 0 Å². The Labute approximate surface area is 118 Å². The quantitative estimate of drug-likeness (QED) is 0.785. The van der Waals surface area contributed by atoms with Gasteiger partial charge in [0.05, 0.1) is 6.10 Å². The van der Waals surface area contributed by atoms with Crippen LogP contribution in [0.5, 0.6) is 0 Å². The molecule has 0 heterocycles. The molecule has 0 radical (unpaired) electrons.